The van der Waals surface area contributed by atoms with Crippen LogP contribution in [-0.4, -0.2) is 22.1 Å². The largest absolute Gasteiger partial charge is 0.480 e. The molecule has 1 aromatic heterocycles. The van der Waals surface area contributed by atoms with Gasteiger partial charge in [0.05, 0.1) is 0 Å². The van der Waals surface area contributed by atoms with E-state index in [1.165, 1.54) is 12.3 Å². The van der Waals surface area contributed by atoms with E-state index in [4.69, 9.17) is 11.6 Å². The zero-order valence-electron chi connectivity index (χ0n) is 11.9. The van der Waals surface area contributed by atoms with Crippen LogP contribution in [0.4, 0.5) is 4.39 Å². The summed E-state index contributed by atoms with van der Waals surface area (Å²) in [5.41, 5.74) is 0.368. The number of nitrogens with one attached hydrogen (secondary N) is 1. The van der Waals surface area contributed by atoms with Crippen molar-refractivity contribution in [3.8, 4) is 0 Å². The van der Waals surface area contributed by atoms with Crippen LogP contribution in [0, 0.1) is 11.2 Å². The lowest BCUT2D eigenvalue weighted by Crippen LogP contribution is -2.37. The number of nitrogens with zero attached hydrogens (tertiary/aromatic N) is 1. The second kappa shape index (κ2) is 6.99. The van der Waals surface area contributed by atoms with Crippen LogP contribution in [-0.2, 0) is 11.3 Å². The summed E-state index contributed by atoms with van der Waals surface area (Å²) >= 11 is 5.58. The Kier molecular flexibility index (Phi) is 5.89. The molecule has 0 amide bonds. The van der Waals surface area contributed by atoms with Crippen molar-refractivity contribution in [2.75, 3.05) is 0 Å². The highest BCUT2D eigenvalue weighted by Crippen LogP contribution is 2.22. The number of aliphatic carboxylic acids is 1. The first-order valence-electron chi connectivity index (χ1n) is 6.46. The fraction of sp³-hybridized carbons (Fsp3) is 0.571. The van der Waals surface area contributed by atoms with Crippen molar-refractivity contribution in [1.82, 2.24) is 10.3 Å². The number of pyridine rings is 1. The van der Waals surface area contributed by atoms with Gasteiger partial charge in [-0.2, -0.15) is 0 Å². The minimum Gasteiger partial charge on any atom is -0.480 e. The normalized spacial score (nSPS) is 13.2. The molecule has 0 aliphatic carbocycles. The zero-order chi connectivity index (χ0) is 15.3. The second-order valence-electron chi connectivity index (χ2n) is 5.95. The van der Waals surface area contributed by atoms with Gasteiger partial charge in [-0.1, -0.05) is 32.4 Å². The Morgan fingerprint density at radius 1 is 1.55 bits per heavy atom. The van der Waals surface area contributed by atoms with E-state index in [0.29, 0.717) is 12.0 Å². The lowest BCUT2D eigenvalue weighted by molar-refractivity contribution is -0.139. The van der Waals surface area contributed by atoms with Gasteiger partial charge >= 0.3 is 5.97 Å². The van der Waals surface area contributed by atoms with Crippen LogP contribution in [0.1, 0.15) is 39.2 Å². The van der Waals surface area contributed by atoms with Crippen LogP contribution in [0.3, 0.4) is 0 Å². The molecule has 6 heteroatoms. The summed E-state index contributed by atoms with van der Waals surface area (Å²) in [6.45, 7) is 6.26. The summed E-state index contributed by atoms with van der Waals surface area (Å²) in [6.07, 6.45) is 2.64. The summed E-state index contributed by atoms with van der Waals surface area (Å²) in [5.74, 6) is -1.54. The lowest BCUT2D eigenvalue weighted by Gasteiger charge is -2.21. The van der Waals surface area contributed by atoms with Gasteiger partial charge < -0.3 is 10.4 Å². The van der Waals surface area contributed by atoms with Gasteiger partial charge in [-0.25, -0.2) is 9.37 Å². The van der Waals surface area contributed by atoms with Gasteiger partial charge in [-0.05, 0) is 24.3 Å². The van der Waals surface area contributed by atoms with Crippen LogP contribution < -0.4 is 5.32 Å². The topological polar surface area (TPSA) is 62.2 Å². The Morgan fingerprint density at radius 3 is 2.75 bits per heavy atom. The van der Waals surface area contributed by atoms with Crippen molar-refractivity contribution >= 4 is 17.6 Å². The standard InChI is InChI=1S/C14H20ClFN2O2/c1-14(2,3)6-4-10(13(19)20)18-8-9-5-7-17-12(15)11(9)16/h5,7,10,18H,4,6,8H2,1-3H3,(H,19,20). The van der Waals surface area contributed by atoms with E-state index in [-0.39, 0.29) is 17.1 Å². The van der Waals surface area contributed by atoms with Gasteiger partial charge in [-0.15, -0.1) is 0 Å². The molecule has 2 N–H and O–H groups in total. The molecule has 1 rings (SSSR count). The summed E-state index contributed by atoms with van der Waals surface area (Å²) in [5, 5.41) is 11.8. The molecule has 0 bridgehead atoms. The van der Waals surface area contributed by atoms with Gasteiger partial charge in [0, 0.05) is 18.3 Å². The molecule has 112 valence electrons. The molecule has 0 spiro atoms. The van der Waals surface area contributed by atoms with Crippen molar-refractivity contribution in [3.05, 3.63) is 28.8 Å². The van der Waals surface area contributed by atoms with Crippen LogP contribution in [0.15, 0.2) is 12.3 Å². The summed E-state index contributed by atoms with van der Waals surface area (Å²) in [6, 6.07) is 0.775. The molecule has 0 saturated heterocycles. The van der Waals surface area contributed by atoms with E-state index >= 15 is 0 Å². The third kappa shape index (κ3) is 5.43. The minimum atomic E-state index is -0.935. The molecule has 0 aliphatic heterocycles. The number of hydrogen-bond donors (Lipinski definition) is 2. The number of carboxylic acid groups (broad SMARTS) is 1. The summed E-state index contributed by atoms with van der Waals surface area (Å²) in [7, 11) is 0. The van der Waals surface area contributed by atoms with E-state index in [0.717, 1.165) is 6.42 Å². The van der Waals surface area contributed by atoms with Crippen molar-refractivity contribution in [3.63, 3.8) is 0 Å². The fourth-order valence-corrected chi connectivity index (χ4v) is 1.89. The van der Waals surface area contributed by atoms with Crippen LogP contribution >= 0.6 is 11.6 Å². The highest BCUT2D eigenvalue weighted by atomic mass is 35.5. The van der Waals surface area contributed by atoms with Crippen molar-refractivity contribution in [1.29, 1.82) is 0 Å². The van der Waals surface area contributed by atoms with E-state index < -0.39 is 17.8 Å². The number of rotatable bonds is 6. The Balaban J connectivity index is 2.63. The highest BCUT2D eigenvalue weighted by molar-refractivity contribution is 6.29. The molecule has 1 atom stereocenters. The molecule has 4 nitrogen and oxygen atoms in total. The molecular formula is C14H20ClFN2O2. The molecule has 0 aliphatic rings. The predicted octanol–water partition coefficient (Wildman–Crippen LogP) is 3.24. The van der Waals surface area contributed by atoms with Gasteiger partial charge in [0.25, 0.3) is 0 Å². The first-order chi connectivity index (χ1) is 9.20. The average molecular weight is 303 g/mol. The van der Waals surface area contributed by atoms with Gasteiger partial charge in [0.1, 0.15) is 6.04 Å². The SMILES string of the molecule is CC(C)(C)CCC(NCc1ccnc(Cl)c1F)C(=O)O. The summed E-state index contributed by atoms with van der Waals surface area (Å²) < 4.78 is 13.6. The van der Waals surface area contributed by atoms with E-state index in [9.17, 15) is 14.3 Å². The molecule has 20 heavy (non-hydrogen) atoms. The van der Waals surface area contributed by atoms with Gasteiger partial charge in [0.2, 0.25) is 0 Å². The lowest BCUT2D eigenvalue weighted by atomic mass is 9.88. The van der Waals surface area contributed by atoms with Crippen LogP contribution in [0.25, 0.3) is 0 Å². The smallest absolute Gasteiger partial charge is 0.320 e. The Morgan fingerprint density at radius 2 is 2.20 bits per heavy atom. The average Bonchev–Trinajstić information content (AvgIpc) is 2.32. The van der Waals surface area contributed by atoms with Crippen molar-refractivity contribution in [2.45, 2.75) is 46.2 Å². The number of carboxylic acids is 1. The molecule has 1 heterocycles. The van der Waals surface area contributed by atoms with Gasteiger partial charge in [-0.3, -0.25) is 4.79 Å². The third-order valence-electron chi connectivity index (χ3n) is 2.95. The van der Waals surface area contributed by atoms with Crippen LogP contribution in [0.5, 0.6) is 0 Å². The predicted molar refractivity (Wildman–Crippen MR) is 76.2 cm³/mol. The highest BCUT2D eigenvalue weighted by Gasteiger charge is 2.21. The van der Waals surface area contributed by atoms with E-state index in [1.807, 2.05) is 20.8 Å². The molecule has 1 aromatic rings. The first kappa shape index (κ1) is 16.9. The zero-order valence-corrected chi connectivity index (χ0v) is 12.7. The molecule has 0 aromatic carbocycles. The van der Waals surface area contributed by atoms with Crippen molar-refractivity contribution in [2.24, 2.45) is 5.41 Å². The maximum Gasteiger partial charge on any atom is 0.320 e. The monoisotopic (exact) mass is 302 g/mol. The molecular weight excluding hydrogens is 283 g/mol. The number of aromatic nitrogens is 1. The maximum absolute atomic E-state index is 13.6. The Labute approximate surface area is 123 Å². The fourth-order valence-electron chi connectivity index (χ4n) is 1.71. The second-order valence-corrected chi connectivity index (χ2v) is 6.30. The van der Waals surface area contributed by atoms with Crippen LogP contribution in [0.2, 0.25) is 5.15 Å². The molecule has 0 radical (unpaired) electrons. The number of hydrogen-bond acceptors (Lipinski definition) is 3. The Hall–Kier alpha value is -1.20. The summed E-state index contributed by atoms with van der Waals surface area (Å²) in [4.78, 5) is 14.8. The van der Waals surface area contributed by atoms with E-state index in [2.05, 4.69) is 10.3 Å². The Bertz CT molecular complexity index is 475. The van der Waals surface area contributed by atoms with E-state index in [1.54, 1.807) is 0 Å². The maximum atomic E-state index is 13.6. The number of halogens is 2. The molecule has 0 saturated carbocycles. The minimum absolute atomic E-state index is 0.0562. The quantitative estimate of drug-likeness (QED) is 0.792. The van der Waals surface area contributed by atoms with Gasteiger partial charge in [0.15, 0.2) is 11.0 Å². The third-order valence-corrected chi connectivity index (χ3v) is 3.21. The van der Waals surface area contributed by atoms with Crippen molar-refractivity contribution < 1.29 is 14.3 Å². The first-order valence-corrected chi connectivity index (χ1v) is 6.83. The molecule has 1 unspecified atom stereocenters. The molecule has 0 fully saturated rings. The number of carbonyl (C=O) groups is 1.